The molecule has 2 saturated carbocycles. The second-order valence-electron chi connectivity index (χ2n) is 6.53. The van der Waals surface area contributed by atoms with Crippen LogP contribution in [0, 0.1) is 5.92 Å². The van der Waals surface area contributed by atoms with E-state index < -0.39 is 0 Å². The zero-order valence-corrected chi connectivity index (χ0v) is 13.3. The first kappa shape index (κ1) is 14.9. The number of rotatable bonds is 5. The highest BCUT2D eigenvalue weighted by molar-refractivity contribution is 6.17. The molecule has 1 aromatic rings. The maximum atomic E-state index is 12.9. The van der Waals surface area contributed by atoms with Gasteiger partial charge in [0.25, 0.3) is 5.91 Å². The Balaban J connectivity index is 1.71. The van der Waals surface area contributed by atoms with Crippen LogP contribution >= 0.6 is 11.6 Å². The second kappa shape index (κ2) is 6.83. The molecule has 0 N–H and O–H groups in total. The molecule has 0 bridgehead atoms. The number of benzene rings is 1. The molecule has 2 nitrogen and oxygen atoms in total. The van der Waals surface area contributed by atoms with Crippen LogP contribution in [0.15, 0.2) is 24.3 Å². The van der Waals surface area contributed by atoms with Gasteiger partial charge in [0.05, 0.1) is 0 Å². The Morgan fingerprint density at radius 1 is 1.14 bits per heavy atom. The van der Waals surface area contributed by atoms with Gasteiger partial charge in [0.15, 0.2) is 0 Å². The minimum Gasteiger partial charge on any atom is -0.335 e. The van der Waals surface area contributed by atoms with Crippen LogP contribution in [0.25, 0.3) is 0 Å². The highest BCUT2D eigenvalue weighted by Gasteiger charge is 2.34. The second-order valence-corrected chi connectivity index (χ2v) is 6.79. The van der Waals surface area contributed by atoms with E-state index in [-0.39, 0.29) is 5.91 Å². The molecule has 2 aliphatic rings. The van der Waals surface area contributed by atoms with E-state index in [1.807, 2.05) is 24.3 Å². The average molecular weight is 306 g/mol. The van der Waals surface area contributed by atoms with Gasteiger partial charge in [-0.2, -0.15) is 0 Å². The van der Waals surface area contributed by atoms with E-state index in [0.29, 0.717) is 17.8 Å². The maximum absolute atomic E-state index is 12.9. The monoisotopic (exact) mass is 305 g/mol. The minimum atomic E-state index is 0.204. The van der Waals surface area contributed by atoms with Crippen molar-refractivity contribution in [2.24, 2.45) is 5.92 Å². The van der Waals surface area contributed by atoms with Crippen LogP contribution in [0.3, 0.4) is 0 Å². The topological polar surface area (TPSA) is 20.3 Å². The van der Waals surface area contributed by atoms with E-state index in [9.17, 15) is 4.79 Å². The van der Waals surface area contributed by atoms with Crippen LogP contribution in [0.2, 0.25) is 0 Å². The summed E-state index contributed by atoms with van der Waals surface area (Å²) in [5.74, 6) is 1.38. The molecule has 1 amide bonds. The molecule has 1 aromatic carbocycles. The molecule has 2 aliphatic carbocycles. The molecule has 0 aliphatic heterocycles. The molecule has 0 heterocycles. The lowest BCUT2D eigenvalue weighted by Gasteiger charge is -2.30. The molecule has 2 fully saturated rings. The Bertz CT molecular complexity index is 492. The normalized spacial score (nSPS) is 19.5. The third-order valence-electron chi connectivity index (χ3n) is 4.76. The van der Waals surface area contributed by atoms with E-state index in [2.05, 4.69) is 4.90 Å². The van der Waals surface area contributed by atoms with Gasteiger partial charge in [0.2, 0.25) is 0 Å². The van der Waals surface area contributed by atoms with Crippen molar-refractivity contribution in [2.45, 2.75) is 56.9 Å². The van der Waals surface area contributed by atoms with E-state index in [1.54, 1.807) is 0 Å². The number of carbonyl (C=O) groups excluding carboxylic acids is 1. The van der Waals surface area contributed by atoms with E-state index in [4.69, 9.17) is 11.6 Å². The van der Waals surface area contributed by atoms with Crippen LogP contribution in [0.1, 0.15) is 60.9 Å². The first-order valence-electron chi connectivity index (χ1n) is 8.24. The fourth-order valence-electron chi connectivity index (χ4n) is 3.39. The third kappa shape index (κ3) is 3.79. The molecule has 21 heavy (non-hydrogen) atoms. The first-order chi connectivity index (χ1) is 10.3. The van der Waals surface area contributed by atoms with Gasteiger partial charge in [-0.3, -0.25) is 4.79 Å². The molecule has 3 rings (SSSR count). The molecule has 0 unspecified atom stereocenters. The van der Waals surface area contributed by atoms with E-state index >= 15 is 0 Å². The van der Waals surface area contributed by atoms with Gasteiger partial charge in [-0.1, -0.05) is 31.4 Å². The molecule has 114 valence electrons. The summed E-state index contributed by atoms with van der Waals surface area (Å²) in [6.45, 7) is 0.953. The van der Waals surface area contributed by atoms with E-state index in [1.165, 1.54) is 44.9 Å². The Labute approximate surface area is 132 Å². The summed E-state index contributed by atoms with van der Waals surface area (Å²) in [5.41, 5.74) is 1.83. The van der Waals surface area contributed by atoms with Gasteiger partial charge >= 0.3 is 0 Å². The van der Waals surface area contributed by atoms with Crippen LogP contribution in [0.4, 0.5) is 0 Å². The fraction of sp³-hybridized carbons (Fsp3) is 0.611. The summed E-state index contributed by atoms with van der Waals surface area (Å²) < 4.78 is 0. The van der Waals surface area contributed by atoms with Gasteiger partial charge in [-0.25, -0.2) is 0 Å². The van der Waals surface area contributed by atoms with Gasteiger partial charge in [0, 0.05) is 24.0 Å². The van der Waals surface area contributed by atoms with E-state index in [0.717, 1.165) is 17.7 Å². The summed E-state index contributed by atoms with van der Waals surface area (Å²) >= 11 is 5.89. The molecule has 0 atom stereocenters. The number of hydrogen-bond donors (Lipinski definition) is 0. The number of nitrogens with zero attached hydrogens (tertiary/aromatic N) is 1. The number of amides is 1. The Morgan fingerprint density at radius 2 is 1.90 bits per heavy atom. The smallest absolute Gasteiger partial charge is 0.254 e. The van der Waals surface area contributed by atoms with Gasteiger partial charge in [-0.15, -0.1) is 11.6 Å². The molecule has 0 spiro atoms. The predicted molar refractivity (Wildman–Crippen MR) is 86.6 cm³/mol. The standard InChI is InChI=1S/C18H24ClNO/c19-12-15-7-4-8-16(11-15)18(21)20(17-9-10-17)13-14-5-2-1-3-6-14/h4,7-8,11,14,17H,1-3,5-6,9-10,12-13H2. The highest BCUT2D eigenvalue weighted by atomic mass is 35.5. The Morgan fingerprint density at radius 3 is 2.57 bits per heavy atom. The SMILES string of the molecule is O=C(c1cccc(CCl)c1)N(CC1CCCCC1)C1CC1. The summed E-state index contributed by atoms with van der Waals surface area (Å²) in [6, 6.07) is 8.28. The molecule has 0 saturated heterocycles. The Kier molecular flexibility index (Phi) is 4.84. The lowest BCUT2D eigenvalue weighted by Crippen LogP contribution is -2.37. The molecule has 0 radical (unpaired) electrons. The van der Waals surface area contributed by atoms with Crippen LogP contribution in [0.5, 0.6) is 0 Å². The van der Waals surface area contributed by atoms with Crippen molar-refractivity contribution < 1.29 is 4.79 Å². The van der Waals surface area contributed by atoms with Crippen molar-refractivity contribution >= 4 is 17.5 Å². The van der Waals surface area contributed by atoms with Crippen LogP contribution < -0.4 is 0 Å². The zero-order chi connectivity index (χ0) is 14.7. The molecular weight excluding hydrogens is 282 g/mol. The van der Waals surface area contributed by atoms with Crippen molar-refractivity contribution in [3.63, 3.8) is 0 Å². The predicted octanol–water partition coefficient (Wildman–Crippen LogP) is 4.61. The van der Waals surface area contributed by atoms with Crippen molar-refractivity contribution in [3.05, 3.63) is 35.4 Å². The summed E-state index contributed by atoms with van der Waals surface area (Å²) in [7, 11) is 0. The third-order valence-corrected chi connectivity index (χ3v) is 5.06. The number of carbonyl (C=O) groups is 1. The highest BCUT2D eigenvalue weighted by Crippen LogP contribution is 2.32. The van der Waals surface area contributed by atoms with Gasteiger partial charge in [0.1, 0.15) is 0 Å². The van der Waals surface area contributed by atoms with Crippen LogP contribution in [-0.2, 0) is 5.88 Å². The molecule has 0 aromatic heterocycles. The first-order valence-corrected chi connectivity index (χ1v) is 8.77. The lowest BCUT2D eigenvalue weighted by molar-refractivity contribution is 0.0699. The Hall–Kier alpha value is -1.02. The number of hydrogen-bond acceptors (Lipinski definition) is 1. The summed E-state index contributed by atoms with van der Waals surface area (Å²) in [5, 5.41) is 0. The van der Waals surface area contributed by atoms with Crippen molar-refractivity contribution in [1.29, 1.82) is 0 Å². The summed E-state index contributed by atoms with van der Waals surface area (Å²) in [6.07, 6.45) is 8.96. The van der Waals surface area contributed by atoms with Gasteiger partial charge < -0.3 is 4.90 Å². The minimum absolute atomic E-state index is 0.204. The zero-order valence-electron chi connectivity index (χ0n) is 12.6. The molecule has 3 heteroatoms. The van der Waals surface area contributed by atoms with Crippen molar-refractivity contribution in [1.82, 2.24) is 4.90 Å². The quantitative estimate of drug-likeness (QED) is 0.727. The van der Waals surface area contributed by atoms with Crippen molar-refractivity contribution in [3.8, 4) is 0 Å². The number of halogens is 1. The van der Waals surface area contributed by atoms with Crippen molar-refractivity contribution in [2.75, 3.05) is 6.54 Å². The largest absolute Gasteiger partial charge is 0.335 e. The maximum Gasteiger partial charge on any atom is 0.254 e. The fourth-order valence-corrected chi connectivity index (χ4v) is 3.55. The van der Waals surface area contributed by atoms with Crippen LogP contribution in [-0.4, -0.2) is 23.4 Å². The lowest BCUT2D eigenvalue weighted by atomic mass is 9.88. The summed E-state index contributed by atoms with van der Waals surface area (Å²) in [4.78, 5) is 15.0. The molecular formula is C18H24ClNO. The van der Waals surface area contributed by atoms with Gasteiger partial charge in [-0.05, 0) is 49.3 Å². The number of alkyl halides is 1. The average Bonchev–Trinajstić information content (AvgIpc) is 3.38.